The molecule has 0 spiro atoms. The van der Waals surface area contributed by atoms with E-state index >= 15 is 0 Å². The molecule has 3 nitrogen and oxygen atoms in total. The van der Waals surface area contributed by atoms with Crippen LogP contribution >= 0.6 is 0 Å². The van der Waals surface area contributed by atoms with E-state index in [-0.39, 0.29) is 11.8 Å². The van der Waals surface area contributed by atoms with E-state index in [0.29, 0.717) is 18.8 Å². The van der Waals surface area contributed by atoms with Crippen molar-refractivity contribution in [2.45, 2.75) is 18.9 Å². The molecule has 1 aromatic rings. The van der Waals surface area contributed by atoms with Crippen LogP contribution in [0.2, 0.25) is 0 Å². The maximum Gasteiger partial charge on any atom is 0.350 e. The summed E-state index contributed by atoms with van der Waals surface area (Å²) in [5.74, 6) is -0.230. The van der Waals surface area contributed by atoms with Gasteiger partial charge in [0.15, 0.2) is 0 Å². The summed E-state index contributed by atoms with van der Waals surface area (Å²) in [6, 6.07) is 5.57. The number of rotatable bonds is 2. The molecular weight excluding hydrogens is 199 g/mol. The van der Waals surface area contributed by atoms with Gasteiger partial charge in [-0.3, -0.25) is 0 Å². The predicted molar refractivity (Wildman–Crippen MR) is 51.0 cm³/mol. The lowest BCUT2D eigenvalue weighted by atomic mass is 10.1. The molecule has 4 heteroatoms. The van der Waals surface area contributed by atoms with Crippen molar-refractivity contribution < 1.29 is 18.7 Å². The summed E-state index contributed by atoms with van der Waals surface area (Å²) < 4.78 is 22.9. The van der Waals surface area contributed by atoms with E-state index in [9.17, 15) is 9.18 Å². The maximum atomic E-state index is 12.6. The quantitative estimate of drug-likeness (QED) is 0.699. The second-order valence-electron chi connectivity index (χ2n) is 3.67. The highest BCUT2D eigenvalue weighted by molar-refractivity contribution is 5.81. The highest BCUT2D eigenvalue weighted by Gasteiger charge is 2.42. The van der Waals surface area contributed by atoms with Gasteiger partial charge in [-0.1, -0.05) is 0 Å². The highest BCUT2D eigenvalue weighted by Crippen LogP contribution is 2.27. The van der Waals surface area contributed by atoms with Gasteiger partial charge in [0.05, 0.1) is 6.61 Å². The van der Waals surface area contributed by atoms with Gasteiger partial charge in [-0.05, 0) is 31.2 Å². The lowest BCUT2D eigenvalue weighted by molar-refractivity contribution is -0.149. The van der Waals surface area contributed by atoms with E-state index < -0.39 is 5.60 Å². The van der Waals surface area contributed by atoms with E-state index in [1.54, 1.807) is 6.92 Å². The molecule has 0 saturated carbocycles. The van der Waals surface area contributed by atoms with Gasteiger partial charge in [-0.15, -0.1) is 0 Å². The number of hydrogen-bond acceptors (Lipinski definition) is 3. The Hall–Kier alpha value is -1.58. The SMILES string of the molecule is CC1(Oc2ccc(F)cc2)CCOC1=O. The first-order valence-corrected chi connectivity index (χ1v) is 4.72. The number of cyclic esters (lactones) is 1. The number of benzene rings is 1. The van der Waals surface area contributed by atoms with E-state index in [4.69, 9.17) is 9.47 Å². The van der Waals surface area contributed by atoms with Crippen LogP contribution in [0.5, 0.6) is 5.75 Å². The van der Waals surface area contributed by atoms with E-state index in [1.807, 2.05) is 0 Å². The molecule has 80 valence electrons. The molecule has 1 saturated heterocycles. The maximum absolute atomic E-state index is 12.6. The van der Waals surface area contributed by atoms with Gasteiger partial charge < -0.3 is 9.47 Å². The summed E-state index contributed by atoms with van der Waals surface area (Å²) in [5, 5.41) is 0. The zero-order chi connectivity index (χ0) is 10.9. The van der Waals surface area contributed by atoms with Crippen molar-refractivity contribution in [2.75, 3.05) is 6.61 Å². The van der Waals surface area contributed by atoms with E-state index in [1.165, 1.54) is 24.3 Å². The van der Waals surface area contributed by atoms with Crippen molar-refractivity contribution in [3.05, 3.63) is 30.1 Å². The van der Waals surface area contributed by atoms with Crippen molar-refractivity contribution in [1.29, 1.82) is 0 Å². The van der Waals surface area contributed by atoms with Gasteiger partial charge in [0, 0.05) is 6.42 Å². The predicted octanol–water partition coefficient (Wildman–Crippen LogP) is 1.91. The van der Waals surface area contributed by atoms with Gasteiger partial charge in [0.2, 0.25) is 5.60 Å². The number of halogens is 1. The zero-order valence-electron chi connectivity index (χ0n) is 8.33. The molecule has 0 amide bonds. The van der Waals surface area contributed by atoms with Gasteiger partial charge in [0.1, 0.15) is 11.6 Å². The van der Waals surface area contributed by atoms with Crippen molar-refractivity contribution in [3.8, 4) is 5.75 Å². The van der Waals surface area contributed by atoms with Crippen LogP contribution in [0.15, 0.2) is 24.3 Å². The van der Waals surface area contributed by atoms with Crippen molar-refractivity contribution in [2.24, 2.45) is 0 Å². The van der Waals surface area contributed by atoms with Crippen LogP contribution in [-0.4, -0.2) is 18.2 Å². The van der Waals surface area contributed by atoms with Crippen LogP contribution in [0.1, 0.15) is 13.3 Å². The first-order chi connectivity index (χ1) is 7.10. The minimum atomic E-state index is -0.933. The molecule has 1 heterocycles. The molecule has 0 radical (unpaired) electrons. The zero-order valence-corrected chi connectivity index (χ0v) is 8.33. The Balaban J connectivity index is 2.14. The molecule has 1 aromatic carbocycles. The lowest BCUT2D eigenvalue weighted by Gasteiger charge is -2.21. The van der Waals surface area contributed by atoms with Crippen LogP contribution in [-0.2, 0) is 9.53 Å². The summed E-state index contributed by atoms with van der Waals surface area (Å²) in [6.45, 7) is 2.04. The van der Waals surface area contributed by atoms with Gasteiger partial charge in [-0.2, -0.15) is 0 Å². The Morgan fingerprint density at radius 1 is 1.40 bits per heavy atom. The molecule has 1 aliphatic rings. The summed E-state index contributed by atoms with van der Waals surface area (Å²) in [4.78, 5) is 11.3. The third kappa shape index (κ3) is 1.93. The average Bonchev–Trinajstić information content (AvgIpc) is 2.51. The van der Waals surface area contributed by atoms with Gasteiger partial charge in [0.25, 0.3) is 0 Å². The molecule has 1 unspecified atom stereocenters. The van der Waals surface area contributed by atoms with Crippen LogP contribution in [0.4, 0.5) is 4.39 Å². The van der Waals surface area contributed by atoms with Crippen molar-refractivity contribution in [1.82, 2.24) is 0 Å². The first-order valence-electron chi connectivity index (χ1n) is 4.72. The van der Waals surface area contributed by atoms with Crippen LogP contribution in [0, 0.1) is 5.82 Å². The largest absolute Gasteiger partial charge is 0.476 e. The van der Waals surface area contributed by atoms with Crippen LogP contribution in [0.3, 0.4) is 0 Å². The molecule has 0 bridgehead atoms. The normalized spacial score (nSPS) is 25.1. The standard InChI is InChI=1S/C11H11FO3/c1-11(6-7-14-10(11)13)15-9-4-2-8(12)3-5-9/h2-5H,6-7H2,1H3. The molecule has 1 atom stereocenters. The Morgan fingerprint density at radius 3 is 2.60 bits per heavy atom. The fraction of sp³-hybridized carbons (Fsp3) is 0.364. The average molecular weight is 210 g/mol. The molecule has 0 N–H and O–H groups in total. The van der Waals surface area contributed by atoms with Crippen LogP contribution in [0.25, 0.3) is 0 Å². The first kappa shape index (κ1) is 9.96. The monoisotopic (exact) mass is 210 g/mol. The highest BCUT2D eigenvalue weighted by atomic mass is 19.1. The minimum absolute atomic E-state index is 0.332. The molecule has 0 aliphatic carbocycles. The fourth-order valence-electron chi connectivity index (χ4n) is 1.45. The fourth-order valence-corrected chi connectivity index (χ4v) is 1.45. The number of carbonyl (C=O) groups is 1. The summed E-state index contributed by atoms with van der Waals surface area (Å²) in [5.41, 5.74) is -0.933. The third-order valence-corrected chi connectivity index (χ3v) is 2.40. The molecule has 15 heavy (non-hydrogen) atoms. The minimum Gasteiger partial charge on any atom is -0.476 e. The smallest absolute Gasteiger partial charge is 0.350 e. The number of ether oxygens (including phenoxy) is 2. The van der Waals surface area contributed by atoms with Gasteiger partial charge in [-0.25, -0.2) is 9.18 Å². The Morgan fingerprint density at radius 2 is 2.07 bits per heavy atom. The lowest BCUT2D eigenvalue weighted by Crippen LogP contribution is -2.37. The Bertz CT molecular complexity index is 374. The van der Waals surface area contributed by atoms with Crippen LogP contribution < -0.4 is 4.74 Å². The van der Waals surface area contributed by atoms with E-state index in [2.05, 4.69) is 0 Å². The summed E-state index contributed by atoms with van der Waals surface area (Å²) in [6.07, 6.45) is 0.517. The second-order valence-corrected chi connectivity index (χ2v) is 3.67. The Kier molecular flexibility index (Phi) is 2.34. The van der Waals surface area contributed by atoms with Crippen molar-refractivity contribution >= 4 is 5.97 Å². The molecule has 1 aliphatic heterocycles. The molecule has 0 aromatic heterocycles. The summed E-state index contributed by atoms with van der Waals surface area (Å²) >= 11 is 0. The second kappa shape index (κ2) is 3.53. The number of carbonyl (C=O) groups excluding carboxylic acids is 1. The number of hydrogen-bond donors (Lipinski definition) is 0. The Labute approximate surface area is 86.8 Å². The summed E-state index contributed by atoms with van der Waals surface area (Å²) in [7, 11) is 0. The molecule has 2 rings (SSSR count). The number of esters is 1. The van der Waals surface area contributed by atoms with Gasteiger partial charge >= 0.3 is 5.97 Å². The third-order valence-electron chi connectivity index (χ3n) is 2.40. The van der Waals surface area contributed by atoms with Crippen molar-refractivity contribution in [3.63, 3.8) is 0 Å². The van der Waals surface area contributed by atoms with E-state index in [0.717, 1.165) is 0 Å². The molecular formula is C11H11FO3. The topological polar surface area (TPSA) is 35.5 Å². The molecule has 1 fully saturated rings.